The van der Waals surface area contributed by atoms with Crippen molar-refractivity contribution in [2.45, 2.75) is 6.42 Å². The number of hydrogen-bond acceptors (Lipinski definition) is 5. The minimum atomic E-state index is 0.619. The molecule has 3 rings (SSSR count). The molecule has 0 spiro atoms. The molecule has 0 amide bonds. The van der Waals surface area contributed by atoms with Crippen LogP contribution in [0, 0.1) is 17.2 Å². The van der Waals surface area contributed by atoms with Crippen LogP contribution in [0.3, 0.4) is 0 Å². The second-order valence-electron chi connectivity index (χ2n) is 5.53. The molecule has 0 saturated carbocycles. The Morgan fingerprint density at radius 3 is 2.75 bits per heavy atom. The van der Waals surface area contributed by atoms with Crippen LogP contribution in [0.4, 0.5) is 5.82 Å². The van der Waals surface area contributed by atoms with E-state index in [9.17, 15) is 0 Å². The molecule has 0 unspecified atom stereocenters. The number of pyridine rings is 1. The van der Waals surface area contributed by atoms with Gasteiger partial charge in [-0.05, 0) is 24.5 Å². The molecule has 0 bridgehead atoms. The van der Waals surface area contributed by atoms with Gasteiger partial charge in [0.2, 0.25) is 0 Å². The Kier molecular flexibility index (Phi) is 4.14. The predicted molar refractivity (Wildman–Crippen MR) is 76.5 cm³/mol. The largest absolute Gasteiger partial charge is 0.381 e. The quantitative estimate of drug-likeness (QED) is 0.825. The van der Waals surface area contributed by atoms with Crippen molar-refractivity contribution in [3.8, 4) is 6.07 Å². The number of nitriles is 1. The third kappa shape index (κ3) is 3.09. The van der Waals surface area contributed by atoms with Crippen LogP contribution in [-0.2, 0) is 4.74 Å². The maximum atomic E-state index is 8.79. The molecule has 0 aliphatic carbocycles. The average Bonchev–Trinajstić information content (AvgIpc) is 3.01. The zero-order chi connectivity index (χ0) is 13.8. The average molecular weight is 272 g/mol. The first kappa shape index (κ1) is 13.3. The van der Waals surface area contributed by atoms with Gasteiger partial charge >= 0.3 is 0 Å². The smallest absolute Gasteiger partial charge is 0.128 e. The fourth-order valence-electron chi connectivity index (χ4n) is 2.89. The highest BCUT2D eigenvalue weighted by Crippen LogP contribution is 2.17. The van der Waals surface area contributed by atoms with Gasteiger partial charge in [0.1, 0.15) is 11.9 Å². The molecule has 20 heavy (non-hydrogen) atoms. The van der Waals surface area contributed by atoms with E-state index in [0.717, 1.165) is 57.7 Å². The molecule has 2 aliphatic rings. The number of ether oxygens (including phenoxy) is 1. The highest BCUT2D eigenvalue weighted by Gasteiger charge is 2.23. The SMILES string of the molecule is N#Cc1ccc(N2CCN(C[C@@H]3CCOC3)CC2)nc1. The van der Waals surface area contributed by atoms with Crippen molar-refractivity contribution in [2.75, 3.05) is 50.8 Å². The summed E-state index contributed by atoms with van der Waals surface area (Å²) in [5.74, 6) is 1.70. The Balaban J connectivity index is 1.51. The number of piperazine rings is 1. The Bertz CT molecular complexity index is 468. The Hall–Kier alpha value is -1.64. The lowest BCUT2D eigenvalue weighted by Crippen LogP contribution is -2.48. The van der Waals surface area contributed by atoms with E-state index in [1.165, 1.54) is 6.42 Å². The van der Waals surface area contributed by atoms with E-state index < -0.39 is 0 Å². The molecule has 0 N–H and O–H groups in total. The molecule has 2 saturated heterocycles. The van der Waals surface area contributed by atoms with Crippen molar-refractivity contribution in [3.05, 3.63) is 23.9 Å². The van der Waals surface area contributed by atoms with Gasteiger partial charge in [0.15, 0.2) is 0 Å². The molecule has 3 heterocycles. The van der Waals surface area contributed by atoms with Gasteiger partial charge in [-0.1, -0.05) is 0 Å². The van der Waals surface area contributed by atoms with E-state index in [0.29, 0.717) is 5.56 Å². The molecule has 2 aliphatic heterocycles. The Labute approximate surface area is 119 Å². The van der Waals surface area contributed by atoms with E-state index in [1.807, 2.05) is 12.1 Å². The van der Waals surface area contributed by atoms with Gasteiger partial charge < -0.3 is 9.64 Å². The standard InChI is InChI=1S/C15H20N4O/c16-9-13-1-2-15(17-10-13)19-6-4-18(5-7-19)11-14-3-8-20-12-14/h1-2,10,14H,3-8,11-12H2/t14-/m0/s1. The summed E-state index contributed by atoms with van der Waals surface area (Å²) in [6.07, 6.45) is 2.86. The molecule has 106 valence electrons. The highest BCUT2D eigenvalue weighted by molar-refractivity contribution is 5.42. The van der Waals surface area contributed by atoms with Crippen molar-refractivity contribution in [1.82, 2.24) is 9.88 Å². The van der Waals surface area contributed by atoms with Gasteiger partial charge in [-0.3, -0.25) is 4.90 Å². The van der Waals surface area contributed by atoms with Gasteiger partial charge in [-0.2, -0.15) is 5.26 Å². The van der Waals surface area contributed by atoms with Crippen molar-refractivity contribution in [1.29, 1.82) is 5.26 Å². The van der Waals surface area contributed by atoms with Crippen molar-refractivity contribution >= 4 is 5.82 Å². The second-order valence-corrected chi connectivity index (χ2v) is 5.53. The molecule has 5 heteroatoms. The van der Waals surface area contributed by atoms with Gasteiger partial charge in [0, 0.05) is 45.5 Å². The van der Waals surface area contributed by atoms with E-state index >= 15 is 0 Å². The van der Waals surface area contributed by atoms with E-state index in [4.69, 9.17) is 10.00 Å². The van der Waals surface area contributed by atoms with Crippen LogP contribution in [0.15, 0.2) is 18.3 Å². The first-order valence-corrected chi connectivity index (χ1v) is 7.26. The molecule has 5 nitrogen and oxygen atoms in total. The summed E-state index contributed by atoms with van der Waals surface area (Å²) in [6, 6.07) is 5.88. The summed E-state index contributed by atoms with van der Waals surface area (Å²) < 4.78 is 5.44. The fraction of sp³-hybridized carbons (Fsp3) is 0.600. The van der Waals surface area contributed by atoms with Gasteiger partial charge in [-0.15, -0.1) is 0 Å². The molecular weight excluding hydrogens is 252 g/mol. The maximum Gasteiger partial charge on any atom is 0.128 e. The Morgan fingerprint density at radius 2 is 2.15 bits per heavy atom. The summed E-state index contributed by atoms with van der Waals surface area (Å²) in [5.41, 5.74) is 0.619. The molecule has 1 aromatic rings. The molecule has 2 fully saturated rings. The van der Waals surface area contributed by atoms with Crippen LogP contribution in [-0.4, -0.2) is 55.8 Å². The summed E-state index contributed by atoms with van der Waals surface area (Å²) in [4.78, 5) is 9.19. The molecular formula is C15H20N4O. The lowest BCUT2D eigenvalue weighted by atomic mass is 10.1. The number of rotatable bonds is 3. The minimum absolute atomic E-state index is 0.619. The van der Waals surface area contributed by atoms with Crippen LogP contribution in [0.1, 0.15) is 12.0 Å². The van der Waals surface area contributed by atoms with Crippen LogP contribution < -0.4 is 4.90 Å². The number of anilines is 1. The maximum absolute atomic E-state index is 8.79. The zero-order valence-electron chi connectivity index (χ0n) is 11.7. The topological polar surface area (TPSA) is 52.4 Å². The van der Waals surface area contributed by atoms with Gasteiger partial charge in [0.05, 0.1) is 12.2 Å². The van der Waals surface area contributed by atoms with Crippen molar-refractivity contribution in [2.24, 2.45) is 5.92 Å². The van der Waals surface area contributed by atoms with Gasteiger partial charge in [-0.25, -0.2) is 4.98 Å². The third-order valence-corrected chi connectivity index (χ3v) is 4.11. The normalized spacial score (nSPS) is 23.8. The first-order chi connectivity index (χ1) is 9.85. The van der Waals surface area contributed by atoms with Crippen LogP contribution in [0.2, 0.25) is 0 Å². The Morgan fingerprint density at radius 1 is 1.30 bits per heavy atom. The predicted octanol–water partition coefficient (Wildman–Crippen LogP) is 1.11. The van der Waals surface area contributed by atoms with Crippen LogP contribution in [0.25, 0.3) is 0 Å². The molecule has 0 aromatic carbocycles. The monoisotopic (exact) mass is 272 g/mol. The summed E-state index contributed by atoms with van der Waals surface area (Å²) in [6.45, 7) is 7.20. The second kappa shape index (κ2) is 6.21. The van der Waals surface area contributed by atoms with Crippen molar-refractivity contribution < 1.29 is 4.74 Å². The summed E-state index contributed by atoms with van der Waals surface area (Å²) in [5, 5.41) is 8.79. The number of nitrogens with zero attached hydrogens (tertiary/aromatic N) is 4. The zero-order valence-corrected chi connectivity index (χ0v) is 11.7. The molecule has 1 aromatic heterocycles. The van der Waals surface area contributed by atoms with Crippen LogP contribution >= 0.6 is 0 Å². The van der Waals surface area contributed by atoms with Gasteiger partial charge in [0.25, 0.3) is 0 Å². The van der Waals surface area contributed by atoms with Crippen LogP contribution in [0.5, 0.6) is 0 Å². The summed E-state index contributed by atoms with van der Waals surface area (Å²) >= 11 is 0. The number of hydrogen-bond donors (Lipinski definition) is 0. The van der Waals surface area contributed by atoms with E-state index in [1.54, 1.807) is 6.20 Å². The first-order valence-electron chi connectivity index (χ1n) is 7.26. The highest BCUT2D eigenvalue weighted by atomic mass is 16.5. The molecule has 0 radical (unpaired) electrons. The minimum Gasteiger partial charge on any atom is -0.381 e. The molecule has 1 atom stereocenters. The third-order valence-electron chi connectivity index (χ3n) is 4.11. The van der Waals surface area contributed by atoms with Crippen molar-refractivity contribution in [3.63, 3.8) is 0 Å². The van der Waals surface area contributed by atoms with E-state index in [2.05, 4.69) is 20.9 Å². The van der Waals surface area contributed by atoms with E-state index in [-0.39, 0.29) is 0 Å². The summed E-state index contributed by atoms with van der Waals surface area (Å²) in [7, 11) is 0. The lowest BCUT2D eigenvalue weighted by molar-refractivity contribution is 0.164. The fourth-order valence-corrected chi connectivity index (χ4v) is 2.89. The number of aromatic nitrogens is 1. The lowest BCUT2D eigenvalue weighted by Gasteiger charge is -2.36.